The van der Waals surface area contributed by atoms with Gasteiger partial charge in [0.2, 0.25) is 0 Å². The minimum absolute atomic E-state index is 0.179. The number of carboxylic acids is 1. The van der Waals surface area contributed by atoms with E-state index in [0.717, 1.165) is 11.3 Å². The molecule has 4 nitrogen and oxygen atoms in total. The van der Waals surface area contributed by atoms with Crippen LogP contribution in [0.5, 0.6) is 5.75 Å². The molecule has 1 aromatic heterocycles. The average molecular weight is 314 g/mol. The number of benzene rings is 2. The number of aromatic carboxylic acids is 1. The number of hydrogen-bond acceptors (Lipinski definition) is 3. The van der Waals surface area contributed by atoms with E-state index in [0.29, 0.717) is 21.6 Å². The molecule has 0 spiro atoms. The maximum atomic E-state index is 11.5. The summed E-state index contributed by atoms with van der Waals surface area (Å²) in [6, 6.07) is 13.9. The fraction of sp³-hybridized carbons (Fsp3) is 0.0588. The zero-order chi connectivity index (χ0) is 15.7. The first-order valence-corrected chi connectivity index (χ1v) is 6.95. The van der Waals surface area contributed by atoms with Gasteiger partial charge in [-0.1, -0.05) is 23.7 Å². The van der Waals surface area contributed by atoms with Gasteiger partial charge < -0.3 is 9.84 Å². The molecule has 0 unspecified atom stereocenters. The van der Waals surface area contributed by atoms with E-state index < -0.39 is 5.97 Å². The quantitative estimate of drug-likeness (QED) is 0.784. The smallest absolute Gasteiger partial charge is 0.336 e. The molecule has 3 rings (SSSR count). The molecule has 110 valence electrons. The second kappa shape index (κ2) is 5.66. The number of ether oxygens (including phenoxy) is 1. The van der Waals surface area contributed by atoms with Crippen LogP contribution in [0.4, 0.5) is 0 Å². The molecule has 0 amide bonds. The maximum Gasteiger partial charge on any atom is 0.336 e. The Morgan fingerprint density at radius 2 is 1.91 bits per heavy atom. The Hall–Kier alpha value is -2.59. The summed E-state index contributed by atoms with van der Waals surface area (Å²) in [5, 5.41) is 10.4. The Balaban J connectivity index is 2.25. The number of methoxy groups -OCH3 is 1. The Kier molecular flexibility index (Phi) is 3.69. The summed E-state index contributed by atoms with van der Waals surface area (Å²) in [5.41, 5.74) is 2.01. The van der Waals surface area contributed by atoms with E-state index >= 15 is 0 Å². The van der Waals surface area contributed by atoms with Gasteiger partial charge in [-0.25, -0.2) is 9.78 Å². The highest BCUT2D eigenvalue weighted by atomic mass is 35.5. The van der Waals surface area contributed by atoms with Crippen LogP contribution in [-0.2, 0) is 0 Å². The molecular weight excluding hydrogens is 302 g/mol. The summed E-state index contributed by atoms with van der Waals surface area (Å²) < 4.78 is 5.12. The van der Waals surface area contributed by atoms with E-state index in [1.54, 1.807) is 43.5 Å². The summed E-state index contributed by atoms with van der Waals surface area (Å²) in [6.45, 7) is 0. The number of pyridine rings is 1. The van der Waals surface area contributed by atoms with Crippen LogP contribution >= 0.6 is 11.6 Å². The number of para-hydroxylation sites is 1. The first-order valence-electron chi connectivity index (χ1n) is 6.57. The molecule has 1 heterocycles. The zero-order valence-corrected chi connectivity index (χ0v) is 12.5. The van der Waals surface area contributed by atoms with Crippen molar-refractivity contribution in [1.82, 2.24) is 4.98 Å². The molecule has 0 saturated carbocycles. The van der Waals surface area contributed by atoms with E-state index in [9.17, 15) is 9.90 Å². The van der Waals surface area contributed by atoms with E-state index in [4.69, 9.17) is 16.3 Å². The van der Waals surface area contributed by atoms with E-state index in [2.05, 4.69) is 4.98 Å². The minimum Gasteiger partial charge on any atom is -0.497 e. The lowest BCUT2D eigenvalue weighted by molar-refractivity contribution is 0.0699. The van der Waals surface area contributed by atoms with Crippen LogP contribution in [0.1, 0.15) is 10.4 Å². The molecule has 0 aliphatic heterocycles. The number of carbonyl (C=O) groups is 1. The molecule has 0 fully saturated rings. The topological polar surface area (TPSA) is 59.4 Å². The lowest BCUT2D eigenvalue weighted by Crippen LogP contribution is -2.00. The van der Waals surface area contributed by atoms with Crippen LogP contribution in [0.2, 0.25) is 5.02 Å². The van der Waals surface area contributed by atoms with Crippen LogP contribution in [0, 0.1) is 0 Å². The lowest BCUT2D eigenvalue weighted by Gasteiger charge is -2.09. The lowest BCUT2D eigenvalue weighted by atomic mass is 10.0. The molecule has 1 N–H and O–H groups in total. The second-order valence-corrected chi connectivity index (χ2v) is 5.13. The standard InChI is InChI=1S/C17H12ClNO3/c1-22-11-7-5-10(6-8-11)15-9-13(17(20)21)12-3-2-4-14(18)16(12)19-15/h2-9H,1H3,(H,20,21). The van der Waals surface area contributed by atoms with Gasteiger partial charge in [0.15, 0.2) is 0 Å². The molecule has 0 radical (unpaired) electrons. The molecular formula is C17H12ClNO3. The molecule has 0 atom stereocenters. The average Bonchev–Trinajstić information content (AvgIpc) is 2.54. The maximum absolute atomic E-state index is 11.5. The molecule has 22 heavy (non-hydrogen) atoms. The van der Waals surface area contributed by atoms with E-state index in [1.165, 1.54) is 0 Å². The van der Waals surface area contributed by atoms with Gasteiger partial charge >= 0.3 is 5.97 Å². The highest BCUT2D eigenvalue weighted by Crippen LogP contribution is 2.29. The predicted octanol–water partition coefficient (Wildman–Crippen LogP) is 4.26. The van der Waals surface area contributed by atoms with Gasteiger partial charge in [0.25, 0.3) is 0 Å². The molecule has 3 aromatic rings. The first kappa shape index (κ1) is 14.4. The van der Waals surface area contributed by atoms with Gasteiger partial charge in [0, 0.05) is 10.9 Å². The molecule has 0 aliphatic carbocycles. The third-order valence-corrected chi connectivity index (χ3v) is 3.71. The summed E-state index contributed by atoms with van der Waals surface area (Å²) in [6.07, 6.45) is 0. The van der Waals surface area contributed by atoms with Crippen molar-refractivity contribution in [2.45, 2.75) is 0 Å². The van der Waals surface area contributed by atoms with Gasteiger partial charge in [-0.3, -0.25) is 0 Å². The van der Waals surface area contributed by atoms with Gasteiger partial charge in [-0.15, -0.1) is 0 Å². The van der Waals surface area contributed by atoms with Crippen LogP contribution in [0.15, 0.2) is 48.5 Å². The third-order valence-electron chi connectivity index (χ3n) is 3.41. The Morgan fingerprint density at radius 1 is 1.18 bits per heavy atom. The predicted molar refractivity (Wildman–Crippen MR) is 85.7 cm³/mol. The van der Waals surface area contributed by atoms with Crippen molar-refractivity contribution in [3.8, 4) is 17.0 Å². The molecule has 0 aliphatic rings. The fourth-order valence-electron chi connectivity index (χ4n) is 2.30. The van der Waals surface area contributed by atoms with Crippen LogP contribution < -0.4 is 4.74 Å². The molecule has 0 saturated heterocycles. The summed E-state index contributed by atoms with van der Waals surface area (Å²) in [4.78, 5) is 16.0. The van der Waals surface area contributed by atoms with Crippen molar-refractivity contribution in [2.24, 2.45) is 0 Å². The first-order chi connectivity index (χ1) is 10.6. The van der Waals surface area contributed by atoms with Crippen LogP contribution in [0.3, 0.4) is 0 Å². The number of carboxylic acid groups (broad SMARTS) is 1. The SMILES string of the molecule is COc1ccc(-c2cc(C(=O)O)c3cccc(Cl)c3n2)cc1. The highest BCUT2D eigenvalue weighted by molar-refractivity contribution is 6.35. The van der Waals surface area contributed by atoms with Gasteiger partial charge in [-0.2, -0.15) is 0 Å². The van der Waals surface area contributed by atoms with E-state index in [-0.39, 0.29) is 5.56 Å². The number of hydrogen-bond donors (Lipinski definition) is 1. The van der Waals surface area contributed by atoms with Crippen molar-refractivity contribution in [1.29, 1.82) is 0 Å². The monoisotopic (exact) mass is 313 g/mol. The third kappa shape index (κ3) is 2.49. The number of aromatic nitrogens is 1. The van der Waals surface area contributed by atoms with E-state index in [1.807, 2.05) is 12.1 Å². The summed E-state index contributed by atoms with van der Waals surface area (Å²) in [7, 11) is 1.59. The van der Waals surface area contributed by atoms with Crippen molar-refractivity contribution in [3.63, 3.8) is 0 Å². The normalized spacial score (nSPS) is 10.6. The zero-order valence-electron chi connectivity index (χ0n) is 11.7. The Bertz CT molecular complexity index is 860. The minimum atomic E-state index is -1.01. The number of fused-ring (bicyclic) bond motifs is 1. The Morgan fingerprint density at radius 3 is 2.55 bits per heavy atom. The van der Waals surface area contributed by atoms with Crippen molar-refractivity contribution in [2.75, 3.05) is 7.11 Å². The van der Waals surface area contributed by atoms with Gasteiger partial charge in [-0.05, 0) is 36.4 Å². The van der Waals surface area contributed by atoms with Gasteiger partial charge in [0.1, 0.15) is 5.75 Å². The number of nitrogens with zero attached hydrogens (tertiary/aromatic N) is 1. The van der Waals surface area contributed by atoms with Crippen LogP contribution in [0.25, 0.3) is 22.2 Å². The van der Waals surface area contributed by atoms with Gasteiger partial charge in [0.05, 0.1) is 28.9 Å². The highest BCUT2D eigenvalue weighted by Gasteiger charge is 2.14. The number of rotatable bonds is 3. The molecule has 5 heteroatoms. The summed E-state index contributed by atoms with van der Waals surface area (Å²) >= 11 is 6.17. The van der Waals surface area contributed by atoms with Crippen LogP contribution in [-0.4, -0.2) is 23.2 Å². The van der Waals surface area contributed by atoms with Crippen molar-refractivity contribution < 1.29 is 14.6 Å². The molecule has 2 aromatic carbocycles. The second-order valence-electron chi connectivity index (χ2n) is 4.72. The largest absolute Gasteiger partial charge is 0.497 e. The Labute approximate surface area is 131 Å². The fourth-order valence-corrected chi connectivity index (χ4v) is 2.52. The van der Waals surface area contributed by atoms with Crippen molar-refractivity contribution >= 4 is 28.5 Å². The molecule has 0 bridgehead atoms. The van der Waals surface area contributed by atoms with Crippen molar-refractivity contribution in [3.05, 3.63) is 59.1 Å². The number of halogens is 1. The summed E-state index contributed by atoms with van der Waals surface area (Å²) in [5.74, 6) is -0.287.